The number of hydrogen-bond donors (Lipinski definition) is 3. The summed E-state index contributed by atoms with van der Waals surface area (Å²) in [6.07, 6.45) is 69.1. The van der Waals surface area contributed by atoms with Crippen LogP contribution >= 0.6 is 0 Å². The third-order valence-corrected chi connectivity index (χ3v) is 12.9. The van der Waals surface area contributed by atoms with Crippen molar-refractivity contribution in [3.63, 3.8) is 0 Å². The minimum atomic E-state index is -0.839. The normalized spacial score (nSPS) is 12.9. The van der Waals surface area contributed by atoms with Crippen molar-refractivity contribution in [3.05, 3.63) is 24.3 Å². The molecule has 0 radical (unpaired) electrons. The maximum absolute atomic E-state index is 12.5. The van der Waals surface area contributed by atoms with Gasteiger partial charge in [-0.3, -0.25) is 4.79 Å². The fourth-order valence-electron chi connectivity index (χ4n) is 8.71. The van der Waals surface area contributed by atoms with Gasteiger partial charge in [-0.15, -0.1) is 0 Å². The van der Waals surface area contributed by atoms with Gasteiger partial charge in [0.15, 0.2) is 0 Å². The Labute approximate surface area is 377 Å². The SMILES string of the molecule is CCCCCCCCCC/C=C\CCCCCCCCCCCC(=O)NC(CO)C(O)/C=C/CCCCCCCCCCCCCCCCCCCCCCCCCCC. The van der Waals surface area contributed by atoms with Crippen molar-refractivity contribution in [2.75, 3.05) is 6.61 Å². The summed E-state index contributed by atoms with van der Waals surface area (Å²) >= 11 is 0. The quantitative estimate of drug-likeness (QED) is 0.0422. The Balaban J connectivity index is 3.48. The maximum atomic E-state index is 12.5. The van der Waals surface area contributed by atoms with E-state index in [9.17, 15) is 15.0 Å². The zero-order valence-corrected chi connectivity index (χ0v) is 41.0. The molecule has 1 amide bonds. The van der Waals surface area contributed by atoms with Crippen LogP contribution in [0.4, 0.5) is 0 Å². The van der Waals surface area contributed by atoms with Gasteiger partial charge in [-0.25, -0.2) is 0 Å². The van der Waals surface area contributed by atoms with Gasteiger partial charge in [-0.1, -0.05) is 282 Å². The van der Waals surface area contributed by atoms with Gasteiger partial charge in [0.05, 0.1) is 18.8 Å². The van der Waals surface area contributed by atoms with E-state index in [4.69, 9.17) is 0 Å². The molecule has 0 aromatic rings. The first-order valence-corrected chi connectivity index (χ1v) is 27.6. The predicted molar refractivity (Wildman–Crippen MR) is 267 cm³/mol. The molecule has 4 nitrogen and oxygen atoms in total. The zero-order chi connectivity index (χ0) is 43.5. The number of nitrogens with one attached hydrogen (secondary N) is 1. The molecule has 0 aliphatic carbocycles. The van der Waals surface area contributed by atoms with Gasteiger partial charge in [-0.05, 0) is 44.9 Å². The maximum Gasteiger partial charge on any atom is 0.220 e. The fraction of sp³-hybridized carbons (Fsp3) is 0.911. The Bertz CT molecular complexity index is 871. The first kappa shape index (κ1) is 58.9. The Morgan fingerprint density at radius 2 is 0.633 bits per heavy atom. The summed E-state index contributed by atoms with van der Waals surface area (Å²) in [4.78, 5) is 12.5. The zero-order valence-electron chi connectivity index (χ0n) is 41.0. The van der Waals surface area contributed by atoms with Crippen molar-refractivity contribution >= 4 is 5.91 Å². The highest BCUT2D eigenvalue weighted by Gasteiger charge is 2.18. The van der Waals surface area contributed by atoms with Gasteiger partial charge in [0.1, 0.15) is 0 Å². The number of allylic oxidation sites excluding steroid dienone is 3. The highest BCUT2D eigenvalue weighted by Crippen LogP contribution is 2.17. The first-order chi connectivity index (χ1) is 29.7. The lowest BCUT2D eigenvalue weighted by Crippen LogP contribution is -2.45. The fourth-order valence-corrected chi connectivity index (χ4v) is 8.71. The average molecular weight is 844 g/mol. The molecule has 0 aromatic carbocycles. The molecule has 0 saturated heterocycles. The molecule has 60 heavy (non-hydrogen) atoms. The standard InChI is InChI=1S/C56H109NO3/c1-3-5-7-9-11-13-15-17-19-21-23-25-26-27-28-29-30-32-33-35-37-39-41-43-45-47-49-51-55(59)54(53-58)57-56(60)52-50-48-46-44-42-40-38-36-34-31-24-22-20-18-16-14-12-10-8-6-4-2/h22,24,49,51,54-55,58-59H,3-21,23,25-48,50,52-53H2,1-2H3,(H,57,60)/b24-22-,51-49+. The Hall–Kier alpha value is -1.13. The smallest absolute Gasteiger partial charge is 0.220 e. The largest absolute Gasteiger partial charge is 0.394 e. The van der Waals surface area contributed by atoms with Crippen LogP contribution in [0.2, 0.25) is 0 Å². The molecule has 0 aliphatic heterocycles. The molecule has 0 saturated carbocycles. The Kier molecular flexibility index (Phi) is 51.2. The van der Waals surface area contributed by atoms with Crippen molar-refractivity contribution in [2.45, 2.75) is 321 Å². The van der Waals surface area contributed by atoms with Gasteiger partial charge in [-0.2, -0.15) is 0 Å². The summed E-state index contributed by atoms with van der Waals surface area (Å²) in [6, 6.07) is -0.622. The van der Waals surface area contributed by atoms with E-state index in [0.717, 1.165) is 25.7 Å². The molecule has 4 heteroatoms. The van der Waals surface area contributed by atoms with Crippen LogP contribution in [0.5, 0.6) is 0 Å². The summed E-state index contributed by atoms with van der Waals surface area (Å²) in [6.45, 7) is 4.34. The lowest BCUT2D eigenvalue weighted by molar-refractivity contribution is -0.123. The Morgan fingerprint density at radius 1 is 0.383 bits per heavy atom. The van der Waals surface area contributed by atoms with Gasteiger partial charge in [0.25, 0.3) is 0 Å². The number of hydrogen-bond acceptors (Lipinski definition) is 3. The lowest BCUT2D eigenvalue weighted by atomic mass is 10.0. The highest BCUT2D eigenvalue weighted by molar-refractivity contribution is 5.76. The number of aliphatic hydroxyl groups excluding tert-OH is 2. The van der Waals surface area contributed by atoms with E-state index in [0.29, 0.717) is 6.42 Å². The summed E-state index contributed by atoms with van der Waals surface area (Å²) in [7, 11) is 0. The number of aliphatic hydroxyl groups is 2. The first-order valence-electron chi connectivity index (χ1n) is 27.6. The molecule has 0 bridgehead atoms. The van der Waals surface area contributed by atoms with Gasteiger partial charge in [0.2, 0.25) is 5.91 Å². The van der Waals surface area contributed by atoms with Crippen LogP contribution in [0.15, 0.2) is 24.3 Å². The van der Waals surface area contributed by atoms with Crippen molar-refractivity contribution < 1.29 is 15.0 Å². The second-order valence-corrected chi connectivity index (χ2v) is 19.0. The second-order valence-electron chi connectivity index (χ2n) is 19.0. The van der Waals surface area contributed by atoms with E-state index in [2.05, 4.69) is 31.3 Å². The summed E-state index contributed by atoms with van der Waals surface area (Å²) in [5, 5.41) is 23.2. The Morgan fingerprint density at radius 3 is 0.917 bits per heavy atom. The van der Waals surface area contributed by atoms with Crippen molar-refractivity contribution in [1.29, 1.82) is 0 Å². The topological polar surface area (TPSA) is 69.6 Å². The number of carbonyl (C=O) groups excluding carboxylic acids is 1. The molecule has 2 atom stereocenters. The number of carbonyl (C=O) groups is 1. The molecule has 0 aromatic heterocycles. The molecule has 356 valence electrons. The van der Waals surface area contributed by atoms with E-state index in [1.807, 2.05) is 6.08 Å². The van der Waals surface area contributed by atoms with Crippen LogP contribution in [0.3, 0.4) is 0 Å². The van der Waals surface area contributed by atoms with E-state index < -0.39 is 12.1 Å². The molecule has 0 fully saturated rings. The molecule has 0 rings (SSSR count). The second kappa shape index (κ2) is 52.2. The van der Waals surface area contributed by atoms with Crippen molar-refractivity contribution in [3.8, 4) is 0 Å². The molecule has 3 N–H and O–H groups in total. The van der Waals surface area contributed by atoms with Crippen LogP contribution in [0.25, 0.3) is 0 Å². The van der Waals surface area contributed by atoms with Crippen molar-refractivity contribution in [1.82, 2.24) is 5.32 Å². The number of amides is 1. The molecular weight excluding hydrogens is 735 g/mol. The third-order valence-electron chi connectivity index (χ3n) is 12.9. The summed E-state index contributed by atoms with van der Waals surface area (Å²) in [5.41, 5.74) is 0. The lowest BCUT2D eigenvalue weighted by Gasteiger charge is -2.20. The summed E-state index contributed by atoms with van der Waals surface area (Å²) in [5.74, 6) is -0.0615. The molecule has 0 aliphatic rings. The highest BCUT2D eigenvalue weighted by atomic mass is 16.3. The van der Waals surface area contributed by atoms with Crippen LogP contribution in [0.1, 0.15) is 309 Å². The van der Waals surface area contributed by atoms with E-state index >= 15 is 0 Å². The van der Waals surface area contributed by atoms with Crippen LogP contribution in [0, 0.1) is 0 Å². The van der Waals surface area contributed by atoms with Crippen molar-refractivity contribution in [2.24, 2.45) is 0 Å². The van der Waals surface area contributed by atoms with E-state index in [1.54, 1.807) is 6.08 Å². The van der Waals surface area contributed by atoms with E-state index in [1.165, 1.54) is 263 Å². The van der Waals surface area contributed by atoms with Crippen LogP contribution < -0.4 is 5.32 Å². The third kappa shape index (κ3) is 47.9. The molecule has 2 unspecified atom stereocenters. The van der Waals surface area contributed by atoms with Gasteiger partial charge >= 0.3 is 0 Å². The average Bonchev–Trinajstić information content (AvgIpc) is 3.25. The monoisotopic (exact) mass is 844 g/mol. The molecule has 0 heterocycles. The van der Waals surface area contributed by atoms with Crippen LogP contribution in [-0.4, -0.2) is 34.9 Å². The van der Waals surface area contributed by atoms with E-state index in [-0.39, 0.29) is 12.5 Å². The minimum absolute atomic E-state index is 0.0615. The summed E-state index contributed by atoms with van der Waals surface area (Å²) < 4.78 is 0. The van der Waals surface area contributed by atoms with Gasteiger partial charge < -0.3 is 15.5 Å². The number of rotatable bonds is 51. The number of unbranched alkanes of at least 4 members (excludes halogenated alkanes) is 42. The molecular formula is C56H109NO3. The van der Waals surface area contributed by atoms with Gasteiger partial charge in [0, 0.05) is 6.42 Å². The van der Waals surface area contributed by atoms with Crippen LogP contribution in [-0.2, 0) is 4.79 Å². The molecule has 0 spiro atoms. The predicted octanol–water partition coefficient (Wildman–Crippen LogP) is 17.9. The minimum Gasteiger partial charge on any atom is -0.394 e.